The maximum atomic E-state index is 13.0. The van der Waals surface area contributed by atoms with Crippen molar-refractivity contribution >= 4 is 21.4 Å². The molecule has 1 aliphatic rings. The topological polar surface area (TPSA) is 64.0 Å². The van der Waals surface area contributed by atoms with Crippen molar-refractivity contribution in [2.75, 3.05) is 6.54 Å². The third kappa shape index (κ3) is 4.19. The van der Waals surface area contributed by atoms with Crippen LogP contribution in [-0.4, -0.2) is 24.7 Å². The lowest BCUT2D eigenvalue weighted by Gasteiger charge is -2.08. The molecule has 1 aliphatic carbocycles. The van der Waals surface area contributed by atoms with E-state index in [0.29, 0.717) is 12.1 Å². The SMILES string of the molecule is O=S(=O)(NCCc1ccc(F)cc1)c1cn(C2CCCC2)nc1-c1cccs1. The van der Waals surface area contributed by atoms with Gasteiger partial charge in [-0.05, 0) is 48.4 Å². The molecule has 3 aromatic rings. The van der Waals surface area contributed by atoms with E-state index < -0.39 is 10.0 Å². The van der Waals surface area contributed by atoms with Gasteiger partial charge in [-0.25, -0.2) is 17.5 Å². The quantitative estimate of drug-likeness (QED) is 0.618. The molecule has 148 valence electrons. The molecule has 1 saturated carbocycles. The van der Waals surface area contributed by atoms with Gasteiger partial charge in [0.05, 0.1) is 10.9 Å². The Morgan fingerprint density at radius 3 is 2.61 bits per heavy atom. The zero-order chi connectivity index (χ0) is 19.6. The minimum Gasteiger partial charge on any atom is -0.268 e. The lowest BCUT2D eigenvalue weighted by atomic mass is 10.1. The summed E-state index contributed by atoms with van der Waals surface area (Å²) < 4.78 is 43.5. The van der Waals surface area contributed by atoms with Gasteiger partial charge >= 0.3 is 0 Å². The smallest absolute Gasteiger partial charge is 0.244 e. The molecule has 0 aliphatic heterocycles. The molecule has 1 fully saturated rings. The Morgan fingerprint density at radius 2 is 1.93 bits per heavy atom. The highest BCUT2D eigenvalue weighted by molar-refractivity contribution is 7.89. The number of rotatable bonds is 7. The van der Waals surface area contributed by atoms with Crippen molar-refractivity contribution in [3.8, 4) is 10.6 Å². The van der Waals surface area contributed by atoms with Crippen molar-refractivity contribution in [1.29, 1.82) is 0 Å². The van der Waals surface area contributed by atoms with Gasteiger partial charge < -0.3 is 0 Å². The predicted octanol–water partition coefficient (Wildman–Crippen LogP) is 4.39. The van der Waals surface area contributed by atoms with E-state index in [2.05, 4.69) is 9.82 Å². The number of nitrogens with zero attached hydrogens (tertiary/aromatic N) is 2. The molecular weight excluding hydrogens is 397 g/mol. The van der Waals surface area contributed by atoms with Gasteiger partial charge in [-0.1, -0.05) is 31.0 Å². The summed E-state index contributed by atoms with van der Waals surface area (Å²) in [6.45, 7) is 0.243. The standard InChI is InChI=1S/C20H22FN3O2S2/c21-16-9-7-15(8-10-16)11-12-22-28(25,26)19-14-24(17-4-1-2-5-17)23-20(19)18-6-3-13-27-18/h3,6-10,13-14,17,22H,1-2,4-5,11-12H2. The normalized spacial score (nSPS) is 15.3. The third-order valence-electron chi connectivity index (χ3n) is 5.06. The van der Waals surface area contributed by atoms with Crippen LogP contribution < -0.4 is 4.72 Å². The first-order valence-electron chi connectivity index (χ1n) is 9.40. The Morgan fingerprint density at radius 1 is 1.18 bits per heavy atom. The van der Waals surface area contributed by atoms with Crippen molar-refractivity contribution < 1.29 is 12.8 Å². The number of thiophene rings is 1. The number of halogens is 1. The second-order valence-corrected chi connectivity index (χ2v) is 9.69. The van der Waals surface area contributed by atoms with E-state index in [0.717, 1.165) is 36.1 Å². The fourth-order valence-electron chi connectivity index (χ4n) is 3.57. The molecule has 5 nitrogen and oxygen atoms in total. The highest BCUT2D eigenvalue weighted by atomic mass is 32.2. The predicted molar refractivity (Wildman–Crippen MR) is 108 cm³/mol. The van der Waals surface area contributed by atoms with Crippen LogP contribution in [0, 0.1) is 5.82 Å². The van der Waals surface area contributed by atoms with E-state index >= 15 is 0 Å². The molecule has 0 radical (unpaired) electrons. The Labute approximate surface area is 168 Å². The molecule has 0 amide bonds. The minimum atomic E-state index is -3.70. The van der Waals surface area contributed by atoms with Crippen LogP contribution in [0.3, 0.4) is 0 Å². The third-order valence-corrected chi connectivity index (χ3v) is 7.40. The van der Waals surface area contributed by atoms with Gasteiger partial charge in [-0.2, -0.15) is 5.10 Å². The fraction of sp³-hybridized carbons (Fsp3) is 0.350. The van der Waals surface area contributed by atoms with Gasteiger partial charge in [0.15, 0.2) is 0 Å². The second kappa shape index (κ2) is 8.14. The molecule has 0 bridgehead atoms. The summed E-state index contributed by atoms with van der Waals surface area (Å²) in [5, 5.41) is 6.56. The van der Waals surface area contributed by atoms with E-state index in [4.69, 9.17) is 0 Å². The molecular formula is C20H22FN3O2S2. The van der Waals surface area contributed by atoms with Crippen LogP contribution in [-0.2, 0) is 16.4 Å². The first-order valence-corrected chi connectivity index (χ1v) is 11.8. The molecule has 1 aromatic carbocycles. The summed E-state index contributed by atoms with van der Waals surface area (Å²) in [4.78, 5) is 1.07. The molecule has 1 N–H and O–H groups in total. The Bertz CT molecular complexity index is 1020. The zero-order valence-corrected chi connectivity index (χ0v) is 17.0. The molecule has 2 aromatic heterocycles. The average Bonchev–Trinajstić information content (AvgIpc) is 3.43. The van der Waals surface area contributed by atoms with Crippen LogP contribution in [0.25, 0.3) is 10.6 Å². The fourth-order valence-corrected chi connectivity index (χ4v) is 5.54. The van der Waals surface area contributed by atoms with Crippen LogP contribution in [0.1, 0.15) is 37.3 Å². The lowest BCUT2D eigenvalue weighted by molar-refractivity contribution is 0.467. The summed E-state index contributed by atoms with van der Waals surface area (Å²) >= 11 is 1.48. The summed E-state index contributed by atoms with van der Waals surface area (Å²) in [5.74, 6) is -0.302. The first kappa shape index (κ1) is 19.3. The molecule has 0 saturated heterocycles. The van der Waals surface area contributed by atoms with Crippen molar-refractivity contribution in [2.24, 2.45) is 0 Å². The van der Waals surface area contributed by atoms with Gasteiger partial charge in [-0.15, -0.1) is 11.3 Å². The number of hydrogen-bond acceptors (Lipinski definition) is 4. The number of sulfonamides is 1. The zero-order valence-electron chi connectivity index (χ0n) is 15.3. The molecule has 4 rings (SSSR count). The van der Waals surface area contributed by atoms with E-state index in [-0.39, 0.29) is 23.3 Å². The van der Waals surface area contributed by atoms with Crippen molar-refractivity contribution in [2.45, 2.75) is 43.0 Å². The van der Waals surface area contributed by atoms with Crippen LogP contribution in [0.4, 0.5) is 4.39 Å². The molecule has 0 spiro atoms. The summed E-state index contributed by atoms with van der Waals surface area (Å²) in [6.07, 6.45) is 6.52. The summed E-state index contributed by atoms with van der Waals surface area (Å²) in [5.41, 5.74) is 1.39. The van der Waals surface area contributed by atoms with Crippen LogP contribution in [0.2, 0.25) is 0 Å². The highest BCUT2D eigenvalue weighted by Gasteiger charge is 2.27. The monoisotopic (exact) mass is 419 g/mol. The number of hydrogen-bond donors (Lipinski definition) is 1. The van der Waals surface area contributed by atoms with Gasteiger partial charge in [0.1, 0.15) is 16.4 Å². The maximum absolute atomic E-state index is 13.0. The van der Waals surface area contributed by atoms with E-state index in [1.165, 1.54) is 23.5 Å². The van der Waals surface area contributed by atoms with Crippen molar-refractivity contribution in [3.05, 3.63) is 59.4 Å². The van der Waals surface area contributed by atoms with Crippen LogP contribution >= 0.6 is 11.3 Å². The number of aromatic nitrogens is 2. The van der Waals surface area contributed by atoms with Crippen LogP contribution in [0.15, 0.2) is 52.9 Å². The van der Waals surface area contributed by atoms with Crippen molar-refractivity contribution in [3.63, 3.8) is 0 Å². The van der Waals surface area contributed by atoms with Gasteiger partial charge in [0.2, 0.25) is 10.0 Å². The van der Waals surface area contributed by atoms with Gasteiger partial charge in [-0.3, -0.25) is 4.68 Å². The highest BCUT2D eigenvalue weighted by Crippen LogP contribution is 2.34. The molecule has 2 heterocycles. The minimum absolute atomic E-state index is 0.223. The first-order chi connectivity index (χ1) is 13.5. The Hall–Kier alpha value is -2.03. The van der Waals surface area contributed by atoms with Crippen molar-refractivity contribution in [1.82, 2.24) is 14.5 Å². The average molecular weight is 420 g/mol. The summed E-state index contributed by atoms with van der Waals surface area (Å²) in [6, 6.07) is 10.1. The van der Waals surface area contributed by atoms with E-state index in [1.807, 2.05) is 22.2 Å². The van der Waals surface area contributed by atoms with E-state index in [1.54, 1.807) is 18.3 Å². The maximum Gasteiger partial charge on any atom is 0.244 e. The molecule has 28 heavy (non-hydrogen) atoms. The van der Waals surface area contributed by atoms with Gasteiger partial charge in [0.25, 0.3) is 0 Å². The summed E-state index contributed by atoms with van der Waals surface area (Å²) in [7, 11) is -3.70. The molecule has 0 atom stereocenters. The largest absolute Gasteiger partial charge is 0.268 e. The molecule has 0 unspecified atom stereocenters. The number of benzene rings is 1. The molecule has 8 heteroatoms. The van der Waals surface area contributed by atoms with E-state index in [9.17, 15) is 12.8 Å². The van der Waals surface area contributed by atoms with Crippen LogP contribution in [0.5, 0.6) is 0 Å². The Kier molecular flexibility index (Phi) is 5.61. The van der Waals surface area contributed by atoms with Gasteiger partial charge in [0, 0.05) is 12.7 Å². The second-order valence-electron chi connectivity index (χ2n) is 7.01. The lowest BCUT2D eigenvalue weighted by Crippen LogP contribution is -2.26. The Balaban J connectivity index is 1.56. The number of nitrogens with one attached hydrogen (secondary N) is 1.